The van der Waals surface area contributed by atoms with Crippen molar-refractivity contribution >= 4 is 27.8 Å². The minimum Gasteiger partial charge on any atom is -0.490 e. The molecule has 2 aliphatic rings. The molecule has 2 saturated heterocycles. The first-order valence-electron chi connectivity index (χ1n) is 10.3. The molecule has 0 radical (unpaired) electrons. The Morgan fingerprint density at radius 3 is 2.42 bits per heavy atom. The summed E-state index contributed by atoms with van der Waals surface area (Å²) >= 11 is 3.33. The molecule has 0 spiro atoms. The van der Waals surface area contributed by atoms with Crippen molar-refractivity contribution in [1.29, 1.82) is 0 Å². The highest BCUT2D eigenvalue weighted by atomic mass is 79.9. The molecule has 1 unspecified atom stereocenters. The predicted molar refractivity (Wildman–Crippen MR) is 115 cm³/mol. The molecule has 0 aliphatic carbocycles. The summed E-state index contributed by atoms with van der Waals surface area (Å²) in [5.41, 5.74) is 0.518. The molecule has 2 aromatic carbocycles. The second-order valence-electron chi connectivity index (χ2n) is 7.96. The van der Waals surface area contributed by atoms with E-state index in [0.717, 1.165) is 30.2 Å². The number of fused-ring (bicyclic) bond motifs is 2. The van der Waals surface area contributed by atoms with Crippen LogP contribution in [0, 0.1) is 5.82 Å². The molecule has 2 aliphatic heterocycles. The zero-order valence-corrected chi connectivity index (χ0v) is 18.4. The average molecular weight is 492 g/mol. The quantitative estimate of drug-likeness (QED) is 0.628. The lowest BCUT2D eigenvalue weighted by Crippen LogP contribution is -2.50. The van der Waals surface area contributed by atoms with Crippen molar-refractivity contribution < 1.29 is 28.6 Å². The van der Waals surface area contributed by atoms with E-state index >= 15 is 0 Å². The van der Waals surface area contributed by atoms with Gasteiger partial charge in [0, 0.05) is 35.0 Å². The van der Waals surface area contributed by atoms with Crippen LogP contribution in [0.15, 0.2) is 46.9 Å². The molecule has 2 bridgehead atoms. The number of nitrogens with zero attached hydrogens (tertiary/aromatic N) is 1. The van der Waals surface area contributed by atoms with Crippen LogP contribution in [-0.4, -0.2) is 46.7 Å². The van der Waals surface area contributed by atoms with Gasteiger partial charge in [0.05, 0.1) is 6.42 Å². The number of benzene rings is 2. The number of hydrogen-bond donors (Lipinski definition) is 1. The zero-order valence-electron chi connectivity index (χ0n) is 16.8. The van der Waals surface area contributed by atoms with Crippen LogP contribution in [0.1, 0.15) is 31.2 Å². The Morgan fingerprint density at radius 2 is 1.77 bits per heavy atom. The smallest absolute Gasteiger partial charge is 0.307 e. The first kappa shape index (κ1) is 21.6. The molecule has 1 N–H and O–H groups in total. The summed E-state index contributed by atoms with van der Waals surface area (Å²) in [6.45, 7) is -0.134. The molecule has 3 atom stereocenters. The lowest BCUT2D eigenvalue weighted by Gasteiger charge is -2.38. The number of piperidine rings is 1. The molecule has 6 nitrogen and oxygen atoms in total. The van der Waals surface area contributed by atoms with E-state index in [1.807, 2.05) is 4.90 Å². The van der Waals surface area contributed by atoms with E-state index in [1.54, 1.807) is 30.3 Å². The van der Waals surface area contributed by atoms with Crippen molar-refractivity contribution in [2.45, 2.75) is 50.3 Å². The SMILES string of the molecule is O=C(O)Cc1cc(Br)ccc1OCC(=O)N1[C@@H]2CC[C@H]1CC(Oc1ccc(F)cc1)C2. The van der Waals surface area contributed by atoms with Gasteiger partial charge in [-0.05, 0) is 55.3 Å². The van der Waals surface area contributed by atoms with Crippen molar-refractivity contribution in [1.82, 2.24) is 4.90 Å². The van der Waals surface area contributed by atoms with E-state index in [4.69, 9.17) is 14.6 Å². The van der Waals surface area contributed by atoms with Crippen molar-refractivity contribution in [3.05, 3.63) is 58.3 Å². The Bertz CT molecular complexity index is 953. The van der Waals surface area contributed by atoms with Gasteiger partial charge >= 0.3 is 5.97 Å². The summed E-state index contributed by atoms with van der Waals surface area (Å²) in [6, 6.07) is 11.3. The van der Waals surface area contributed by atoms with Gasteiger partial charge in [0.1, 0.15) is 23.4 Å². The number of hydrogen-bond acceptors (Lipinski definition) is 4. The normalized spacial score (nSPS) is 22.3. The highest BCUT2D eigenvalue weighted by Gasteiger charge is 2.44. The summed E-state index contributed by atoms with van der Waals surface area (Å²) in [7, 11) is 0. The molecule has 164 valence electrons. The Labute approximate surface area is 188 Å². The van der Waals surface area contributed by atoms with Crippen molar-refractivity contribution in [2.75, 3.05) is 6.61 Å². The van der Waals surface area contributed by atoms with Gasteiger partial charge < -0.3 is 19.5 Å². The van der Waals surface area contributed by atoms with Gasteiger partial charge in [-0.25, -0.2) is 4.39 Å². The van der Waals surface area contributed by atoms with E-state index in [1.165, 1.54) is 12.1 Å². The third-order valence-corrected chi connectivity index (χ3v) is 6.30. The van der Waals surface area contributed by atoms with Crippen molar-refractivity contribution in [2.24, 2.45) is 0 Å². The van der Waals surface area contributed by atoms with Crippen LogP contribution in [-0.2, 0) is 16.0 Å². The fourth-order valence-corrected chi connectivity index (χ4v) is 4.95. The van der Waals surface area contributed by atoms with Gasteiger partial charge in [0.25, 0.3) is 5.91 Å². The van der Waals surface area contributed by atoms with Crippen LogP contribution in [0.3, 0.4) is 0 Å². The third kappa shape index (κ3) is 5.18. The molecule has 31 heavy (non-hydrogen) atoms. The molecule has 2 aromatic rings. The monoisotopic (exact) mass is 491 g/mol. The van der Waals surface area contributed by atoms with Crippen LogP contribution < -0.4 is 9.47 Å². The Kier molecular flexibility index (Phi) is 6.46. The fourth-order valence-electron chi connectivity index (χ4n) is 4.54. The summed E-state index contributed by atoms with van der Waals surface area (Å²) in [5, 5.41) is 9.11. The maximum atomic E-state index is 13.1. The molecule has 0 saturated carbocycles. The largest absolute Gasteiger partial charge is 0.490 e. The van der Waals surface area contributed by atoms with E-state index in [-0.39, 0.29) is 42.9 Å². The fraction of sp³-hybridized carbons (Fsp3) is 0.391. The summed E-state index contributed by atoms with van der Waals surface area (Å²) in [5.74, 6) is -0.325. The number of halogens is 2. The number of amides is 1. The summed E-state index contributed by atoms with van der Waals surface area (Å²) in [6.07, 6.45) is 3.09. The molecular weight excluding hydrogens is 469 g/mol. The second-order valence-corrected chi connectivity index (χ2v) is 8.88. The molecule has 8 heteroatoms. The molecule has 4 rings (SSSR count). The minimum absolute atomic E-state index is 0.0124. The van der Waals surface area contributed by atoms with Gasteiger partial charge in [0.2, 0.25) is 0 Å². The number of carbonyl (C=O) groups excluding carboxylic acids is 1. The number of carboxylic acid groups (broad SMARTS) is 1. The third-order valence-electron chi connectivity index (χ3n) is 5.81. The standard InChI is InChI=1S/C23H23BrFNO5/c24-15-1-8-21(14(9-15)10-23(28)29)30-13-22(27)26-17-4-5-18(26)12-20(11-17)31-19-6-2-16(25)3-7-19/h1-3,6-9,17-18,20H,4-5,10-13H2,(H,28,29)/t17-,18+,20?. The number of carbonyl (C=O) groups is 2. The first-order chi connectivity index (χ1) is 14.9. The molecule has 2 heterocycles. The summed E-state index contributed by atoms with van der Waals surface area (Å²) < 4.78 is 25.6. The van der Waals surface area contributed by atoms with Crippen molar-refractivity contribution in [3.63, 3.8) is 0 Å². The van der Waals surface area contributed by atoms with E-state index in [9.17, 15) is 14.0 Å². The highest BCUT2D eigenvalue weighted by Crippen LogP contribution is 2.37. The van der Waals surface area contributed by atoms with Crippen LogP contribution in [0.4, 0.5) is 4.39 Å². The molecule has 1 amide bonds. The van der Waals surface area contributed by atoms with E-state index in [0.29, 0.717) is 17.1 Å². The van der Waals surface area contributed by atoms with Gasteiger partial charge in [-0.15, -0.1) is 0 Å². The maximum absolute atomic E-state index is 13.1. The second kappa shape index (κ2) is 9.26. The van der Waals surface area contributed by atoms with Crippen LogP contribution in [0.25, 0.3) is 0 Å². The Balaban J connectivity index is 1.36. The van der Waals surface area contributed by atoms with Crippen LogP contribution >= 0.6 is 15.9 Å². The number of carboxylic acids is 1. The topological polar surface area (TPSA) is 76.1 Å². The zero-order chi connectivity index (χ0) is 22.0. The molecule has 0 aromatic heterocycles. The van der Waals surface area contributed by atoms with Crippen LogP contribution in [0.2, 0.25) is 0 Å². The number of ether oxygens (including phenoxy) is 2. The van der Waals surface area contributed by atoms with Crippen molar-refractivity contribution in [3.8, 4) is 11.5 Å². The van der Waals surface area contributed by atoms with E-state index < -0.39 is 5.97 Å². The summed E-state index contributed by atoms with van der Waals surface area (Å²) in [4.78, 5) is 25.9. The number of rotatable bonds is 7. The van der Waals surface area contributed by atoms with Gasteiger partial charge in [0.15, 0.2) is 6.61 Å². The Hall–Kier alpha value is -2.61. The highest BCUT2D eigenvalue weighted by molar-refractivity contribution is 9.10. The first-order valence-corrected chi connectivity index (χ1v) is 11.0. The lowest BCUT2D eigenvalue weighted by atomic mass is 9.99. The average Bonchev–Trinajstić information content (AvgIpc) is 2.99. The minimum atomic E-state index is -0.962. The molecule has 2 fully saturated rings. The molecular formula is C23H23BrFNO5. The van der Waals surface area contributed by atoms with Gasteiger partial charge in [-0.2, -0.15) is 0 Å². The van der Waals surface area contributed by atoms with Gasteiger partial charge in [-0.1, -0.05) is 15.9 Å². The van der Waals surface area contributed by atoms with Crippen LogP contribution in [0.5, 0.6) is 11.5 Å². The maximum Gasteiger partial charge on any atom is 0.307 e. The Morgan fingerprint density at radius 1 is 1.10 bits per heavy atom. The number of aliphatic carboxylic acids is 1. The van der Waals surface area contributed by atoms with Gasteiger partial charge in [-0.3, -0.25) is 9.59 Å². The van der Waals surface area contributed by atoms with E-state index in [2.05, 4.69) is 15.9 Å². The predicted octanol–water partition coefficient (Wildman–Crippen LogP) is 4.20. The lowest BCUT2D eigenvalue weighted by molar-refractivity contribution is -0.139.